The number of esters is 1. The van der Waals surface area contributed by atoms with Crippen LogP contribution < -0.4 is 5.32 Å². The molecule has 0 spiro atoms. The SMILES string of the molecule is Cc1ccc(CNC(C(=O)OC2CCN(C)C2)c2ccccc2)s1. The van der Waals surface area contributed by atoms with Crippen LogP contribution in [0.2, 0.25) is 0 Å². The summed E-state index contributed by atoms with van der Waals surface area (Å²) >= 11 is 1.75. The fourth-order valence-electron chi connectivity index (χ4n) is 2.99. The zero-order valence-corrected chi connectivity index (χ0v) is 15.0. The predicted molar refractivity (Wildman–Crippen MR) is 97.1 cm³/mol. The van der Waals surface area contributed by atoms with Crippen LogP contribution in [0.4, 0.5) is 0 Å². The molecule has 3 rings (SSSR count). The highest BCUT2D eigenvalue weighted by atomic mass is 32.1. The average molecular weight is 344 g/mol. The lowest BCUT2D eigenvalue weighted by molar-refractivity contribution is -0.151. The molecule has 2 atom stereocenters. The summed E-state index contributed by atoms with van der Waals surface area (Å²) in [7, 11) is 2.06. The number of rotatable bonds is 6. The van der Waals surface area contributed by atoms with Gasteiger partial charge in [-0.1, -0.05) is 30.3 Å². The maximum atomic E-state index is 12.7. The van der Waals surface area contributed by atoms with E-state index in [2.05, 4.69) is 36.3 Å². The van der Waals surface area contributed by atoms with Crippen molar-refractivity contribution >= 4 is 17.3 Å². The van der Waals surface area contributed by atoms with Crippen molar-refractivity contribution in [2.75, 3.05) is 20.1 Å². The third-order valence-corrected chi connectivity index (χ3v) is 5.28. The Bertz CT molecular complexity index is 671. The maximum absolute atomic E-state index is 12.7. The predicted octanol–water partition coefficient (Wildman–Crippen LogP) is 3.13. The smallest absolute Gasteiger partial charge is 0.328 e. The van der Waals surface area contributed by atoms with E-state index in [0.29, 0.717) is 6.54 Å². The van der Waals surface area contributed by atoms with Gasteiger partial charge in [0.2, 0.25) is 0 Å². The van der Waals surface area contributed by atoms with Crippen LogP contribution in [0.15, 0.2) is 42.5 Å². The van der Waals surface area contributed by atoms with Gasteiger partial charge in [0.1, 0.15) is 12.1 Å². The number of nitrogens with one attached hydrogen (secondary N) is 1. The number of carbonyl (C=O) groups is 1. The minimum absolute atomic E-state index is 0.000468. The van der Waals surface area contributed by atoms with Gasteiger partial charge in [-0.3, -0.25) is 5.32 Å². The molecule has 5 heteroatoms. The normalized spacial score (nSPS) is 19.3. The van der Waals surface area contributed by atoms with Gasteiger partial charge in [0.05, 0.1) is 0 Å². The molecular weight excluding hydrogens is 320 g/mol. The molecule has 128 valence electrons. The van der Waals surface area contributed by atoms with Crippen LogP contribution in [-0.2, 0) is 16.1 Å². The van der Waals surface area contributed by atoms with Crippen LogP contribution in [0, 0.1) is 6.92 Å². The Morgan fingerprint density at radius 1 is 1.33 bits per heavy atom. The highest BCUT2D eigenvalue weighted by molar-refractivity contribution is 7.11. The second kappa shape index (κ2) is 7.92. The third kappa shape index (κ3) is 4.44. The fraction of sp³-hybridized carbons (Fsp3) is 0.421. The number of likely N-dealkylation sites (N-methyl/N-ethyl adjacent to an activating group) is 1. The van der Waals surface area contributed by atoms with E-state index in [1.54, 1.807) is 11.3 Å². The molecule has 4 nitrogen and oxygen atoms in total. The Hall–Kier alpha value is -1.69. The van der Waals surface area contributed by atoms with Crippen molar-refractivity contribution in [3.8, 4) is 0 Å². The highest BCUT2D eigenvalue weighted by Crippen LogP contribution is 2.21. The molecule has 1 aliphatic heterocycles. The molecule has 1 N–H and O–H groups in total. The summed E-state index contributed by atoms with van der Waals surface area (Å²) < 4.78 is 5.75. The number of ether oxygens (including phenoxy) is 1. The Morgan fingerprint density at radius 2 is 2.12 bits per heavy atom. The Labute approximate surface area is 147 Å². The molecular formula is C19H24N2O2S. The van der Waals surface area contributed by atoms with E-state index in [1.807, 2.05) is 30.3 Å². The molecule has 0 radical (unpaired) electrons. The summed E-state index contributed by atoms with van der Waals surface area (Å²) in [5.41, 5.74) is 0.946. The molecule has 2 aromatic rings. The lowest BCUT2D eigenvalue weighted by atomic mass is 10.1. The zero-order chi connectivity index (χ0) is 16.9. The van der Waals surface area contributed by atoms with Gasteiger partial charge in [0, 0.05) is 29.4 Å². The molecule has 1 aromatic heterocycles. The number of carbonyl (C=O) groups excluding carboxylic acids is 1. The highest BCUT2D eigenvalue weighted by Gasteiger charge is 2.28. The molecule has 24 heavy (non-hydrogen) atoms. The van der Waals surface area contributed by atoms with Crippen molar-refractivity contribution in [2.45, 2.75) is 32.0 Å². The van der Waals surface area contributed by atoms with Crippen LogP contribution in [0.25, 0.3) is 0 Å². The second-order valence-electron chi connectivity index (χ2n) is 6.35. The van der Waals surface area contributed by atoms with Gasteiger partial charge in [0.15, 0.2) is 0 Å². The molecule has 0 saturated carbocycles. The van der Waals surface area contributed by atoms with E-state index in [-0.39, 0.29) is 12.1 Å². The number of likely N-dealkylation sites (tertiary alicyclic amines) is 1. The fourth-order valence-corrected chi connectivity index (χ4v) is 3.83. The Morgan fingerprint density at radius 3 is 2.75 bits per heavy atom. The first-order valence-electron chi connectivity index (χ1n) is 8.34. The first-order valence-corrected chi connectivity index (χ1v) is 9.16. The Kier molecular flexibility index (Phi) is 5.66. The first-order chi connectivity index (χ1) is 11.6. The molecule has 2 heterocycles. The molecule has 0 bridgehead atoms. The number of nitrogens with zero attached hydrogens (tertiary/aromatic N) is 1. The average Bonchev–Trinajstić information content (AvgIpc) is 3.17. The monoisotopic (exact) mass is 344 g/mol. The van der Waals surface area contributed by atoms with Crippen molar-refractivity contribution in [2.24, 2.45) is 0 Å². The molecule has 0 aliphatic carbocycles. The minimum Gasteiger partial charge on any atom is -0.460 e. The number of aryl methyl sites for hydroxylation is 1. The zero-order valence-electron chi connectivity index (χ0n) is 14.2. The van der Waals surface area contributed by atoms with E-state index in [1.165, 1.54) is 9.75 Å². The van der Waals surface area contributed by atoms with Crippen LogP contribution in [0.5, 0.6) is 0 Å². The molecule has 1 fully saturated rings. The summed E-state index contributed by atoms with van der Waals surface area (Å²) in [5, 5.41) is 3.37. The van der Waals surface area contributed by atoms with Crippen molar-refractivity contribution in [1.29, 1.82) is 0 Å². The van der Waals surface area contributed by atoms with Crippen molar-refractivity contribution in [1.82, 2.24) is 10.2 Å². The molecule has 1 aliphatic rings. The van der Waals surface area contributed by atoms with Gasteiger partial charge in [-0.15, -0.1) is 11.3 Å². The topological polar surface area (TPSA) is 41.6 Å². The largest absolute Gasteiger partial charge is 0.460 e. The van der Waals surface area contributed by atoms with Gasteiger partial charge < -0.3 is 9.64 Å². The molecule has 2 unspecified atom stereocenters. The van der Waals surface area contributed by atoms with Crippen LogP contribution in [0.1, 0.15) is 27.8 Å². The third-order valence-electron chi connectivity index (χ3n) is 4.28. The lowest BCUT2D eigenvalue weighted by Gasteiger charge is -2.20. The Balaban J connectivity index is 1.68. The van der Waals surface area contributed by atoms with E-state index >= 15 is 0 Å². The second-order valence-corrected chi connectivity index (χ2v) is 7.72. The number of hydrogen-bond acceptors (Lipinski definition) is 5. The van der Waals surface area contributed by atoms with Crippen molar-refractivity contribution in [3.05, 3.63) is 57.8 Å². The maximum Gasteiger partial charge on any atom is 0.328 e. The number of hydrogen-bond donors (Lipinski definition) is 1. The summed E-state index contributed by atoms with van der Waals surface area (Å²) in [6.45, 7) is 4.55. The summed E-state index contributed by atoms with van der Waals surface area (Å²) in [6, 6.07) is 13.6. The van der Waals surface area contributed by atoms with Gasteiger partial charge in [0.25, 0.3) is 0 Å². The number of thiophene rings is 1. The van der Waals surface area contributed by atoms with E-state index in [4.69, 9.17) is 4.74 Å². The molecule has 1 saturated heterocycles. The van der Waals surface area contributed by atoms with Crippen LogP contribution in [0.3, 0.4) is 0 Å². The molecule has 1 aromatic carbocycles. The first kappa shape index (κ1) is 17.1. The minimum atomic E-state index is -0.431. The molecule has 0 amide bonds. The number of benzene rings is 1. The van der Waals surface area contributed by atoms with E-state index in [0.717, 1.165) is 25.1 Å². The summed E-state index contributed by atoms with van der Waals surface area (Å²) in [5.74, 6) is -0.185. The standard InChI is InChI=1S/C19H24N2O2S/c1-14-8-9-17(24-14)12-20-18(15-6-4-3-5-7-15)19(22)23-16-10-11-21(2)13-16/h3-9,16,18,20H,10-13H2,1-2H3. The van der Waals surface area contributed by atoms with E-state index < -0.39 is 6.04 Å². The summed E-state index contributed by atoms with van der Waals surface area (Å²) in [4.78, 5) is 17.4. The van der Waals surface area contributed by atoms with Crippen LogP contribution >= 0.6 is 11.3 Å². The van der Waals surface area contributed by atoms with Crippen molar-refractivity contribution in [3.63, 3.8) is 0 Å². The van der Waals surface area contributed by atoms with Gasteiger partial charge in [-0.2, -0.15) is 0 Å². The lowest BCUT2D eigenvalue weighted by Crippen LogP contribution is -2.33. The van der Waals surface area contributed by atoms with Crippen LogP contribution in [-0.4, -0.2) is 37.1 Å². The van der Waals surface area contributed by atoms with Crippen molar-refractivity contribution < 1.29 is 9.53 Å². The quantitative estimate of drug-likeness (QED) is 0.818. The van der Waals surface area contributed by atoms with Gasteiger partial charge in [-0.05, 0) is 38.1 Å². The van der Waals surface area contributed by atoms with Gasteiger partial charge in [-0.25, -0.2) is 4.79 Å². The summed E-state index contributed by atoms with van der Waals surface area (Å²) in [6.07, 6.45) is 0.910. The van der Waals surface area contributed by atoms with E-state index in [9.17, 15) is 4.79 Å². The van der Waals surface area contributed by atoms with Gasteiger partial charge >= 0.3 is 5.97 Å².